The molecule has 1 amide bonds. The Kier molecular flexibility index (Phi) is 5.54. The van der Waals surface area contributed by atoms with Crippen molar-refractivity contribution in [2.24, 2.45) is 0 Å². The molecule has 4 atom stereocenters. The van der Waals surface area contributed by atoms with E-state index in [-0.39, 0.29) is 29.9 Å². The Balaban J connectivity index is 1.67. The third-order valence-corrected chi connectivity index (χ3v) is 6.31. The van der Waals surface area contributed by atoms with Crippen LogP contribution < -0.4 is 5.32 Å². The number of benzene rings is 1. The maximum Gasteiger partial charge on any atom is 0.407 e. The summed E-state index contributed by atoms with van der Waals surface area (Å²) in [5.41, 5.74) is 1.59. The van der Waals surface area contributed by atoms with Gasteiger partial charge < -0.3 is 15.0 Å². The van der Waals surface area contributed by atoms with Gasteiger partial charge >= 0.3 is 6.09 Å². The summed E-state index contributed by atoms with van der Waals surface area (Å²) < 4.78 is 15.4. The van der Waals surface area contributed by atoms with Crippen LogP contribution in [0.1, 0.15) is 48.8 Å². The number of nitriles is 1. The van der Waals surface area contributed by atoms with E-state index in [2.05, 4.69) is 11.4 Å². The van der Waals surface area contributed by atoms with E-state index in [0.29, 0.717) is 18.5 Å². The molecule has 1 aliphatic carbocycles. The van der Waals surface area contributed by atoms with Crippen molar-refractivity contribution in [1.29, 1.82) is 5.26 Å². The molecule has 7 heteroatoms. The number of hydrogen-bond acceptors (Lipinski definition) is 3. The van der Waals surface area contributed by atoms with E-state index in [9.17, 15) is 19.6 Å². The number of nitrogens with zero attached hydrogens (tertiary/aromatic N) is 3. The van der Waals surface area contributed by atoms with Gasteiger partial charge in [0.1, 0.15) is 11.9 Å². The molecular formula is C22H25FN4O2. The van der Waals surface area contributed by atoms with Crippen LogP contribution in [0.15, 0.2) is 42.7 Å². The van der Waals surface area contributed by atoms with Gasteiger partial charge in [0.2, 0.25) is 0 Å². The molecule has 1 aliphatic heterocycles. The number of rotatable bonds is 4. The standard InChI is InChI=1S/C22H25FN4O2/c23-18-5-3-16(4-6-18)17-10-20(26-9-7-15(12-24)14-26)21(11-17)27(22(28)29)19-2-1-8-25-13-19/h3-7,9,14,17,19-21,25H,1-2,8,10-11,13H2,(H,28,29). The van der Waals surface area contributed by atoms with Crippen molar-refractivity contribution in [2.45, 2.75) is 49.7 Å². The second kappa shape index (κ2) is 8.26. The Morgan fingerprint density at radius 3 is 2.69 bits per heavy atom. The lowest BCUT2D eigenvalue weighted by molar-refractivity contribution is 0.0763. The van der Waals surface area contributed by atoms with Crippen LogP contribution in [0.5, 0.6) is 0 Å². The van der Waals surface area contributed by atoms with Crippen molar-refractivity contribution in [2.75, 3.05) is 13.1 Å². The van der Waals surface area contributed by atoms with Crippen molar-refractivity contribution < 1.29 is 14.3 Å². The molecule has 2 heterocycles. The number of piperidine rings is 1. The Bertz CT molecular complexity index is 898. The summed E-state index contributed by atoms with van der Waals surface area (Å²) in [6.07, 6.45) is 5.99. The molecule has 2 N–H and O–H groups in total. The first kappa shape index (κ1) is 19.5. The molecule has 1 aromatic heterocycles. The van der Waals surface area contributed by atoms with Gasteiger partial charge in [-0.25, -0.2) is 9.18 Å². The lowest BCUT2D eigenvalue weighted by Crippen LogP contribution is -2.53. The van der Waals surface area contributed by atoms with E-state index in [1.807, 2.05) is 10.8 Å². The maximum atomic E-state index is 13.4. The molecule has 2 fully saturated rings. The van der Waals surface area contributed by atoms with Crippen molar-refractivity contribution in [3.8, 4) is 6.07 Å². The molecule has 4 unspecified atom stereocenters. The summed E-state index contributed by atoms with van der Waals surface area (Å²) in [4.78, 5) is 13.9. The highest BCUT2D eigenvalue weighted by molar-refractivity contribution is 5.66. The van der Waals surface area contributed by atoms with Gasteiger partial charge in [-0.2, -0.15) is 5.26 Å². The molecule has 6 nitrogen and oxygen atoms in total. The van der Waals surface area contributed by atoms with Gasteiger partial charge in [0.05, 0.1) is 17.6 Å². The van der Waals surface area contributed by atoms with Crippen LogP contribution >= 0.6 is 0 Å². The van der Waals surface area contributed by atoms with E-state index in [1.165, 1.54) is 12.1 Å². The number of carboxylic acid groups (broad SMARTS) is 1. The number of carbonyl (C=O) groups is 1. The molecule has 0 spiro atoms. The Labute approximate surface area is 169 Å². The zero-order valence-corrected chi connectivity index (χ0v) is 16.2. The van der Waals surface area contributed by atoms with E-state index in [0.717, 1.165) is 31.4 Å². The normalized spacial score (nSPS) is 26.8. The molecule has 1 saturated heterocycles. The average molecular weight is 396 g/mol. The minimum Gasteiger partial charge on any atom is -0.465 e. The Morgan fingerprint density at radius 2 is 2.07 bits per heavy atom. The summed E-state index contributed by atoms with van der Waals surface area (Å²) in [6.45, 7) is 1.57. The van der Waals surface area contributed by atoms with E-state index in [1.54, 1.807) is 29.3 Å². The topological polar surface area (TPSA) is 81.3 Å². The van der Waals surface area contributed by atoms with Crippen LogP contribution in [0, 0.1) is 17.1 Å². The van der Waals surface area contributed by atoms with Gasteiger partial charge in [0, 0.05) is 25.0 Å². The number of halogens is 1. The molecule has 1 aromatic carbocycles. The van der Waals surface area contributed by atoms with Crippen LogP contribution in [-0.4, -0.2) is 45.8 Å². The Morgan fingerprint density at radius 1 is 1.28 bits per heavy atom. The smallest absolute Gasteiger partial charge is 0.407 e. The molecule has 29 heavy (non-hydrogen) atoms. The molecule has 0 bridgehead atoms. The molecule has 4 rings (SSSR count). The van der Waals surface area contributed by atoms with Crippen LogP contribution in [-0.2, 0) is 0 Å². The number of amides is 1. The third kappa shape index (κ3) is 3.99. The first-order valence-electron chi connectivity index (χ1n) is 10.1. The van der Waals surface area contributed by atoms with Crippen LogP contribution in [0.2, 0.25) is 0 Å². The lowest BCUT2D eigenvalue weighted by Gasteiger charge is -2.39. The summed E-state index contributed by atoms with van der Waals surface area (Å²) in [5.74, 6) is -0.138. The summed E-state index contributed by atoms with van der Waals surface area (Å²) in [7, 11) is 0. The minimum atomic E-state index is -0.902. The van der Waals surface area contributed by atoms with Gasteiger partial charge in [-0.15, -0.1) is 0 Å². The number of nitrogens with one attached hydrogen (secondary N) is 1. The summed E-state index contributed by atoms with van der Waals surface area (Å²) >= 11 is 0. The molecular weight excluding hydrogens is 371 g/mol. The van der Waals surface area contributed by atoms with Crippen LogP contribution in [0.3, 0.4) is 0 Å². The van der Waals surface area contributed by atoms with Gasteiger partial charge in [-0.3, -0.25) is 4.90 Å². The predicted octanol–water partition coefficient (Wildman–Crippen LogP) is 3.72. The van der Waals surface area contributed by atoms with E-state index < -0.39 is 6.09 Å². The monoisotopic (exact) mass is 396 g/mol. The van der Waals surface area contributed by atoms with Crippen LogP contribution in [0.25, 0.3) is 0 Å². The van der Waals surface area contributed by atoms with Gasteiger partial charge in [-0.1, -0.05) is 12.1 Å². The SMILES string of the molecule is N#Cc1ccn(C2CC(c3ccc(F)cc3)CC2N(C(=O)O)C2CCCNC2)c1. The highest BCUT2D eigenvalue weighted by atomic mass is 19.1. The van der Waals surface area contributed by atoms with Gasteiger partial charge in [-0.05, 0) is 61.9 Å². The first-order valence-corrected chi connectivity index (χ1v) is 10.1. The number of aromatic nitrogens is 1. The second-order valence-corrected chi connectivity index (χ2v) is 8.00. The molecule has 152 valence electrons. The predicted molar refractivity (Wildman–Crippen MR) is 106 cm³/mol. The fraction of sp³-hybridized carbons (Fsp3) is 0.455. The second-order valence-electron chi connectivity index (χ2n) is 8.00. The number of hydrogen-bond donors (Lipinski definition) is 2. The molecule has 2 aromatic rings. The van der Waals surface area contributed by atoms with Crippen LogP contribution in [0.4, 0.5) is 9.18 Å². The lowest BCUT2D eigenvalue weighted by atomic mass is 9.97. The zero-order valence-electron chi connectivity index (χ0n) is 16.2. The maximum absolute atomic E-state index is 13.4. The Hall–Kier alpha value is -2.85. The van der Waals surface area contributed by atoms with Gasteiger partial charge in [0.25, 0.3) is 0 Å². The largest absolute Gasteiger partial charge is 0.465 e. The molecule has 0 radical (unpaired) electrons. The summed E-state index contributed by atoms with van der Waals surface area (Å²) in [5, 5.41) is 22.6. The highest BCUT2D eigenvalue weighted by Gasteiger charge is 2.43. The fourth-order valence-corrected chi connectivity index (χ4v) is 4.95. The van der Waals surface area contributed by atoms with Crippen molar-refractivity contribution in [1.82, 2.24) is 14.8 Å². The van der Waals surface area contributed by atoms with E-state index in [4.69, 9.17) is 0 Å². The van der Waals surface area contributed by atoms with E-state index >= 15 is 0 Å². The van der Waals surface area contributed by atoms with Crippen molar-refractivity contribution >= 4 is 6.09 Å². The molecule has 2 aliphatic rings. The molecule has 1 saturated carbocycles. The third-order valence-electron chi connectivity index (χ3n) is 6.31. The van der Waals surface area contributed by atoms with Crippen molar-refractivity contribution in [3.63, 3.8) is 0 Å². The first-order chi connectivity index (χ1) is 14.1. The van der Waals surface area contributed by atoms with Crippen molar-refractivity contribution in [3.05, 3.63) is 59.7 Å². The zero-order chi connectivity index (χ0) is 20.4. The fourth-order valence-electron chi connectivity index (χ4n) is 4.95. The highest BCUT2D eigenvalue weighted by Crippen LogP contribution is 2.44. The minimum absolute atomic E-state index is 0.0632. The van der Waals surface area contributed by atoms with Gasteiger partial charge in [0.15, 0.2) is 0 Å². The summed E-state index contributed by atoms with van der Waals surface area (Å²) in [6, 6.07) is 10.1. The average Bonchev–Trinajstić information content (AvgIpc) is 3.36. The quantitative estimate of drug-likeness (QED) is 0.825.